The van der Waals surface area contributed by atoms with Gasteiger partial charge in [-0.25, -0.2) is 4.39 Å². The van der Waals surface area contributed by atoms with Crippen LogP contribution in [0.1, 0.15) is 16.0 Å². The van der Waals surface area contributed by atoms with Crippen molar-refractivity contribution in [1.29, 1.82) is 0 Å². The Balaban J connectivity index is 1.72. The molecule has 0 saturated carbocycles. The number of hydrogen-bond acceptors (Lipinski definition) is 5. The molecule has 2 aromatic heterocycles. The number of thiophene rings is 1. The van der Waals surface area contributed by atoms with Gasteiger partial charge in [0.15, 0.2) is 0 Å². The zero-order chi connectivity index (χ0) is 19.7. The van der Waals surface area contributed by atoms with Gasteiger partial charge in [0.2, 0.25) is 10.7 Å². The highest BCUT2D eigenvalue weighted by atomic mass is 35.5. The lowest BCUT2D eigenvalue weighted by Crippen LogP contribution is -2.35. The molecule has 3 rings (SSSR count). The Morgan fingerprint density at radius 1 is 1.44 bits per heavy atom. The van der Waals surface area contributed by atoms with Crippen LogP contribution in [0.2, 0.25) is 5.02 Å². The fraction of sp³-hybridized carbons (Fsp3) is 0.235. The van der Waals surface area contributed by atoms with E-state index in [0.717, 1.165) is 20.7 Å². The van der Waals surface area contributed by atoms with E-state index in [0.29, 0.717) is 21.0 Å². The quantitative estimate of drug-likeness (QED) is 0.568. The van der Waals surface area contributed by atoms with Crippen LogP contribution >= 0.6 is 46.9 Å². The molecular weight excluding hydrogens is 429 g/mol. The molecule has 0 spiro atoms. The van der Waals surface area contributed by atoms with Crippen LogP contribution in [-0.2, 0) is 10.5 Å². The van der Waals surface area contributed by atoms with Crippen LogP contribution < -0.4 is 11.0 Å². The zero-order valence-corrected chi connectivity index (χ0v) is 17.6. The fourth-order valence-corrected chi connectivity index (χ4v) is 4.96. The Morgan fingerprint density at radius 2 is 2.19 bits per heavy atom. The number of rotatable bonds is 5. The van der Waals surface area contributed by atoms with Crippen LogP contribution in [0.3, 0.4) is 0 Å². The van der Waals surface area contributed by atoms with E-state index in [9.17, 15) is 14.0 Å². The second-order valence-corrected chi connectivity index (χ2v) is 8.83. The first kappa shape index (κ1) is 20.1. The summed E-state index contributed by atoms with van der Waals surface area (Å²) in [6.45, 7) is 3.79. The van der Waals surface area contributed by atoms with Gasteiger partial charge in [0.25, 0.3) is 5.56 Å². The van der Waals surface area contributed by atoms with E-state index in [2.05, 4.69) is 10.4 Å². The van der Waals surface area contributed by atoms with Gasteiger partial charge in [-0.3, -0.25) is 15.0 Å². The molecule has 5 nitrogen and oxygen atoms in total. The van der Waals surface area contributed by atoms with E-state index in [4.69, 9.17) is 23.8 Å². The Morgan fingerprint density at radius 3 is 2.89 bits per heavy atom. The summed E-state index contributed by atoms with van der Waals surface area (Å²) in [5.74, 6) is -0.247. The number of halogens is 2. The van der Waals surface area contributed by atoms with Crippen molar-refractivity contribution in [2.75, 3.05) is 11.2 Å². The van der Waals surface area contributed by atoms with Crippen molar-refractivity contribution in [2.24, 2.45) is 0 Å². The molecule has 0 aliphatic rings. The molecule has 0 aliphatic heterocycles. The van der Waals surface area contributed by atoms with Crippen molar-refractivity contribution in [3.63, 3.8) is 0 Å². The van der Waals surface area contributed by atoms with Crippen molar-refractivity contribution in [2.45, 2.75) is 19.6 Å². The number of aryl methyl sites for hydroxylation is 2. The van der Waals surface area contributed by atoms with Crippen LogP contribution in [0.25, 0.3) is 10.2 Å². The van der Waals surface area contributed by atoms with E-state index in [1.165, 1.54) is 35.2 Å². The fourth-order valence-electron chi connectivity index (χ4n) is 2.48. The Kier molecular flexibility index (Phi) is 6.05. The molecule has 0 bridgehead atoms. The Bertz CT molecular complexity index is 1150. The number of benzene rings is 1. The summed E-state index contributed by atoms with van der Waals surface area (Å²) in [5.41, 5.74) is 3.79. The predicted octanol–water partition coefficient (Wildman–Crippen LogP) is 4.53. The molecule has 0 radical (unpaired) electrons. The van der Waals surface area contributed by atoms with E-state index < -0.39 is 5.82 Å². The van der Waals surface area contributed by atoms with Gasteiger partial charge in [0.1, 0.15) is 10.6 Å². The average Bonchev–Trinajstić information content (AvgIpc) is 2.87. The van der Waals surface area contributed by atoms with E-state index >= 15 is 0 Å². The van der Waals surface area contributed by atoms with Crippen LogP contribution in [0.5, 0.6) is 0 Å². The normalized spacial score (nSPS) is 11.1. The summed E-state index contributed by atoms with van der Waals surface area (Å²) in [7, 11) is 0. The van der Waals surface area contributed by atoms with Gasteiger partial charge < -0.3 is 4.98 Å². The standard InChI is InChI=1S/C17H15ClFN3O2S3/c1-8-9(2)27-15-14(8)16(24)22(17(25)20-15)21-13(23)7-26-6-10-3-4-11(19)5-12(10)18/h3-5H,6-7H2,1-2H3,(H,20,25)(H,21,23). The molecule has 0 fully saturated rings. The molecule has 1 amide bonds. The highest BCUT2D eigenvalue weighted by Gasteiger charge is 2.14. The third-order valence-electron chi connectivity index (χ3n) is 3.97. The Hall–Kier alpha value is -1.68. The highest BCUT2D eigenvalue weighted by molar-refractivity contribution is 7.99. The SMILES string of the molecule is Cc1sc2[nH]c(=S)n(NC(=O)CSCc3ccc(F)cc3Cl)c(=O)c2c1C. The minimum absolute atomic E-state index is 0.0919. The number of aromatic nitrogens is 2. The summed E-state index contributed by atoms with van der Waals surface area (Å²) in [6, 6.07) is 4.14. The second kappa shape index (κ2) is 8.14. The number of amides is 1. The number of nitrogens with zero attached hydrogens (tertiary/aromatic N) is 1. The van der Waals surface area contributed by atoms with Gasteiger partial charge in [-0.1, -0.05) is 17.7 Å². The molecule has 3 aromatic rings. The van der Waals surface area contributed by atoms with Crippen LogP contribution in [-0.4, -0.2) is 21.3 Å². The molecule has 2 heterocycles. The molecule has 142 valence electrons. The lowest BCUT2D eigenvalue weighted by molar-refractivity contribution is -0.114. The Labute approximate surface area is 172 Å². The van der Waals surface area contributed by atoms with E-state index in [1.54, 1.807) is 6.07 Å². The number of carbonyl (C=O) groups excluding carboxylic acids is 1. The summed E-state index contributed by atoms with van der Waals surface area (Å²) >= 11 is 13.9. The van der Waals surface area contributed by atoms with Crippen LogP contribution in [0.15, 0.2) is 23.0 Å². The summed E-state index contributed by atoms with van der Waals surface area (Å²) in [6.07, 6.45) is 0. The van der Waals surface area contributed by atoms with Crippen molar-refractivity contribution >= 4 is 63.0 Å². The minimum atomic E-state index is -0.408. The molecule has 0 unspecified atom stereocenters. The van der Waals surface area contributed by atoms with Crippen LogP contribution in [0.4, 0.5) is 4.39 Å². The van der Waals surface area contributed by atoms with Crippen LogP contribution in [0, 0.1) is 24.4 Å². The largest absolute Gasteiger partial charge is 0.322 e. The van der Waals surface area contributed by atoms with Gasteiger partial charge in [-0.2, -0.15) is 4.68 Å². The lowest BCUT2D eigenvalue weighted by Gasteiger charge is -2.09. The maximum Gasteiger partial charge on any atom is 0.282 e. The number of H-pyrrole nitrogens is 1. The molecular formula is C17H15ClFN3O2S3. The molecule has 2 N–H and O–H groups in total. The third kappa shape index (κ3) is 4.26. The lowest BCUT2D eigenvalue weighted by atomic mass is 10.2. The van der Waals surface area contributed by atoms with Gasteiger partial charge in [0, 0.05) is 15.7 Å². The average molecular weight is 444 g/mol. The summed E-state index contributed by atoms with van der Waals surface area (Å²) in [5, 5.41) is 0.840. The maximum absolute atomic E-state index is 13.1. The number of carbonyl (C=O) groups is 1. The molecule has 27 heavy (non-hydrogen) atoms. The molecule has 10 heteroatoms. The number of aromatic amines is 1. The number of hydrogen-bond donors (Lipinski definition) is 2. The zero-order valence-electron chi connectivity index (χ0n) is 14.4. The number of nitrogens with one attached hydrogen (secondary N) is 2. The number of thioether (sulfide) groups is 1. The van der Waals surface area contributed by atoms with Crippen molar-refractivity contribution in [3.05, 3.63) is 60.2 Å². The monoisotopic (exact) mass is 443 g/mol. The van der Waals surface area contributed by atoms with Gasteiger partial charge in [-0.05, 0) is 49.3 Å². The first-order chi connectivity index (χ1) is 12.8. The first-order valence-electron chi connectivity index (χ1n) is 7.84. The van der Waals surface area contributed by atoms with Crippen molar-refractivity contribution in [1.82, 2.24) is 9.66 Å². The summed E-state index contributed by atoms with van der Waals surface area (Å²) < 4.78 is 14.3. The second-order valence-electron chi connectivity index (χ2n) is 5.82. The molecule has 1 aromatic carbocycles. The molecule has 0 atom stereocenters. The minimum Gasteiger partial charge on any atom is -0.322 e. The van der Waals surface area contributed by atoms with Crippen molar-refractivity contribution < 1.29 is 9.18 Å². The third-order valence-corrected chi connectivity index (χ3v) is 6.71. The van der Waals surface area contributed by atoms with Gasteiger partial charge in [0.05, 0.1) is 11.1 Å². The van der Waals surface area contributed by atoms with Gasteiger partial charge >= 0.3 is 0 Å². The first-order valence-corrected chi connectivity index (χ1v) is 10.6. The number of fused-ring (bicyclic) bond motifs is 1. The molecule has 0 saturated heterocycles. The maximum atomic E-state index is 13.1. The topological polar surface area (TPSA) is 66.9 Å². The smallest absolute Gasteiger partial charge is 0.282 e. The van der Waals surface area contributed by atoms with E-state index in [-0.39, 0.29) is 22.0 Å². The van der Waals surface area contributed by atoms with Gasteiger partial charge in [-0.15, -0.1) is 23.1 Å². The molecule has 0 aliphatic carbocycles. The highest BCUT2D eigenvalue weighted by Crippen LogP contribution is 2.25. The summed E-state index contributed by atoms with van der Waals surface area (Å²) in [4.78, 5) is 29.6. The predicted molar refractivity (Wildman–Crippen MR) is 113 cm³/mol. The van der Waals surface area contributed by atoms with E-state index in [1.807, 2.05) is 13.8 Å². The van der Waals surface area contributed by atoms with Crippen molar-refractivity contribution in [3.8, 4) is 0 Å².